The van der Waals surface area contributed by atoms with E-state index in [-0.39, 0.29) is 128 Å². The SMILES string of the molecule is N#Cc1ccc(O)cc1.O=CO[O-].[C-]#[N+]c1ccc(NC(=O)[C@@](C)(O)CBr)cc1C.[C-]#[N+]c1ccc(NC(=O)[C@@](C)(O)COc2ccc(C#N)cc2)cc1C.[H-].[K+].[K+]. The van der Waals surface area contributed by atoms with Crippen molar-refractivity contribution in [2.75, 3.05) is 22.6 Å². The first kappa shape index (κ1) is 55.6. The Kier molecular flexibility index (Phi) is 28.1. The van der Waals surface area contributed by atoms with Crippen LogP contribution in [0, 0.1) is 49.7 Å². The van der Waals surface area contributed by atoms with Crippen molar-refractivity contribution in [1.29, 1.82) is 10.5 Å². The van der Waals surface area contributed by atoms with Gasteiger partial charge in [-0.2, -0.15) is 10.5 Å². The van der Waals surface area contributed by atoms with Gasteiger partial charge < -0.3 is 42.3 Å². The first-order valence-electron chi connectivity index (χ1n) is 15.6. The standard InChI is InChI=1S/C19H17N3O3.C12H13BrN2O2.C7H5NO.CH2O3.2K.H/c1-13-10-15(6-9-17(13)21-3)22-18(23)19(2,24)12-25-16-7-4-14(11-20)5-8-16;1-8-6-9(4-5-10(8)14-3)15-11(16)12(2,17)7-13;8-5-6-1-3-7(9)4-2-6;2-1-4-3;;;/h4-10,24H,12H2,1-2H3,(H,22,23);4-6,17H,7H2,1-2H3,(H,15,16);1-4,9H;1,3H;;;/q;;;;2*+1;-1/p-1/t19-;12-;;;;;/m00...../s1. The molecule has 0 saturated heterocycles. The Morgan fingerprint density at radius 3 is 1.54 bits per heavy atom. The van der Waals surface area contributed by atoms with Crippen LogP contribution in [0.3, 0.4) is 0 Å². The zero-order chi connectivity index (χ0) is 41.6. The number of rotatable bonds is 9. The molecule has 2 atom stereocenters. The summed E-state index contributed by atoms with van der Waals surface area (Å²) >= 11 is 3.07. The van der Waals surface area contributed by atoms with Crippen molar-refractivity contribution in [1.82, 2.24) is 0 Å². The van der Waals surface area contributed by atoms with Gasteiger partial charge in [-0.1, -0.05) is 28.1 Å². The first-order valence-corrected chi connectivity index (χ1v) is 16.8. The molecule has 0 aliphatic rings. The number of anilines is 2. The zero-order valence-electron chi connectivity index (χ0n) is 33.0. The third kappa shape index (κ3) is 20.6. The summed E-state index contributed by atoms with van der Waals surface area (Å²) < 4.78 is 5.43. The molecule has 0 radical (unpaired) electrons. The molecular weight excluding hydrogens is 855 g/mol. The van der Waals surface area contributed by atoms with Gasteiger partial charge in [-0.25, -0.2) is 9.69 Å². The maximum absolute atomic E-state index is 12.3. The second-order valence-corrected chi connectivity index (χ2v) is 12.2. The summed E-state index contributed by atoms with van der Waals surface area (Å²) in [5.74, 6) is -0.459. The van der Waals surface area contributed by atoms with Crippen LogP contribution in [0.25, 0.3) is 9.69 Å². The summed E-state index contributed by atoms with van der Waals surface area (Å²) in [7, 11) is 0. The smallest absolute Gasteiger partial charge is 1.00 e. The Hall–Kier alpha value is -3.52. The molecule has 5 N–H and O–H groups in total. The maximum Gasteiger partial charge on any atom is 1.00 e. The quantitative estimate of drug-likeness (QED) is 0.0364. The Morgan fingerprint density at radius 1 is 0.825 bits per heavy atom. The van der Waals surface area contributed by atoms with Gasteiger partial charge in [0.2, 0.25) is 0 Å². The molecule has 4 rings (SSSR count). The summed E-state index contributed by atoms with van der Waals surface area (Å²) in [6.07, 6.45) is 0. The van der Waals surface area contributed by atoms with Crippen molar-refractivity contribution >= 4 is 57.0 Å². The maximum atomic E-state index is 12.3. The number of hydrogen-bond donors (Lipinski definition) is 5. The summed E-state index contributed by atoms with van der Waals surface area (Å²) in [6.45, 7) is 19.9. The summed E-state index contributed by atoms with van der Waals surface area (Å²) in [6, 6.07) is 26.3. The number of nitrogens with zero attached hydrogens (tertiary/aromatic N) is 4. The van der Waals surface area contributed by atoms with E-state index < -0.39 is 23.0 Å². The van der Waals surface area contributed by atoms with Gasteiger partial charge in [-0.05, 0) is 112 Å². The van der Waals surface area contributed by atoms with Crippen LogP contribution in [0.5, 0.6) is 11.5 Å². The molecule has 2 amide bonds. The molecule has 57 heavy (non-hydrogen) atoms. The van der Waals surface area contributed by atoms with Crippen molar-refractivity contribution in [2.24, 2.45) is 0 Å². The fourth-order valence-electron chi connectivity index (χ4n) is 3.76. The molecule has 0 unspecified atom stereocenters. The Labute approximate surface area is 425 Å². The minimum absolute atomic E-state index is 0. The number of aryl methyl sites for hydroxylation is 2. The number of carbonyl (C=O) groups excluding carboxylic acids is 3. The van der Waals surface area contributed by atoms with E-state index in [0.29, 0.717) is 39.6 Å². The number of benzene rings is 4. The number of amides is 2. The molecule has 18 heteroatoms. The molecule has 0 aliphatic heterocycles. The number of alkyl halides is 1. The molecule has 15 nitrogen and oxygen atoms in total. The van der Waals surface area contributed by atoms with E-state index in [4.69, 9.17) is 43.6 Å². The summed E-state index contributed by atoms with van der Waals surface area (Å²) in [5.41, 5.74) is 1.51. The number of aromatic hydroxyl groups is 1. The van der Waals surface area contributed by atoms with Gasteiger partial charge in [0.15, 0.2) is 17.0 Å². The zero-order valence-corrected chi connectivity index (χ0v) is 39.9. The van der Waals surface area contributed by atoms with Gasteiger partial charge >= 0.3 is 103 Å². The number of carbonyl (C=O) groups is 3. The van der Waals surface area contributed by atoms with Gasteiger partial charge in [0.05, 0.1) is 36.4 Å². The van der Waals surface area contributed by atoms with E-state index >= 15 is 0 Å². The minimum Gasteiger partial charge on any atom is -1.00 e. The number of phenolic OH excluding ortho intramolecular Hbond substituents is 1. The van der Waals surface area contributed by atoms with Gasteiger partial charge in [0, 0.05) is 16.7 Å². The summed E-state index contributed by atoms with van der Waals surface area (Å²) in [5, 5.41) is 59.7. The van der Waals surface area contributed by atoms with Gasteiger partial charge in [0.1, 0.15) is 23.7 Å². The van der Waals surface area contributed by atoms with Crippen LogP contribution in [-0.4, -0.2) is 56.7 Å². The number of nitrogens with one attached hydrogen (secondary N) is 2. The van der Waals surface area contributed by atoms with E-state index in [0.717, 1.165) is 11.1 Å². The number of nitriles is 2. The van der Waals surface area contributed by atoms with Gasteiger partial charge in [-0.3, -0.25) is 14.4 Å². The average molecular weight is 892 g/mol. The Morgan fingerprint density at radius 2 is 1.21 bits per heavy atom. The van der Waals surface area contributed by atoms with Crippen molar-refractivity contribution in [3.8, 4) is 23.6 Å². The van der Waals surface area contributed by atoms with Crippen LogP contribution in [0.2, 0.25) is 0 Å². The van der Waals surface area contributed by atoms with Gasteiger partial charge in [-0.15, -0.1) is 0 Å². The molecule has 286 valence electrons. The van der Waals surface area contributed by atoms with E-state index in [2.05, 4.69) is 41.1 Å². The third-order valence-electron chi connectivity index (χ3n) is 6.93. The van der Waals surface area contributed by atoms with Crippen molar-refractivity contribution in [3.05, 3.63) is 130 Å². The number of phenols is 1. The largest absolute Gasteiger partial charge is 1.00 e. The predicted octanol–water partition coefficient (Wildman–Crippen LogP) is -0.365. The molecule has 4 aromatic carbocycles. The van der Waals surface area contributed by atoms with E-state index in [1.807, 2.05) is 12.1 Å². The van der Waals surface area contributed by atoms with Crippen molar-refractivity contribution in [2.45, 2.75) is 38.9 Å². The van der Waals surface area contributed by atoms with E-state index in [9.17, 15) is 19.8 Å². The van der Waals surface area contributed by atoms with Gasteiger partial charge in [0.25, 0.3) is 18.3 Å². The second-order valence-electron chi connectivity index (χ2n) is 11.6. The predicted molar refractivity (Wildman–Crippen MR) is 205 cm³/mol. The first-order chi connectivity index (χ1) is 26.0. The van der Waals surface area contributed by atoms with E-state index in [1.165, 1.54) is 26.0 Å². The average Bonchev–Trinajstić information content (AvgIpc) is 3.18. The minimum atomic E-state index is -1.75. The number of halogens is 1. The molecule has 0 fully saturated rings. The molecule has 0 aliphatic carbocycles. The van der Waals surface area contributed by atoms with Crippen molar-refractivity contribution < 1.29 is 149 Å². The van der Waals surface area contributed by atoms with Crippen LogP contribution in [0.1, 0.15) is 37.5 Å². The molecule has 0 bridgehead atoms. The Balaban J connectivity index is -0.000000793. The molecule has 0 heterocycles. The monoisotopic (exact) mass is 890 g/mol. The van der Waals surface area contributed by atoms with E-state index in [1.54, 1.807) is 86.6 Å². The molecule has 0 aromatic heterocycles. The summed E-state index contributed by atoms with van der Waals surface area (Å²) in [4.78, 5) is 41.9. The van der Waals surface area contributed by atoms with Crippen LogP contribution < -0.4 is 123 Å². The third-order valence-corrected chi connectivity index (χ3v) is 8.02. The number of hydrogen-bond acceptors (Lipinski definition) is 11. The molecular formula is C39H37BrK2N6O9. The second kappa shape index (κ2) is 28.8. The van der Waals surface area contributed by atoms with Crippen molar-refractivity contribution in [3.63, 3.8) is 0 Å². The topological polar surface area (TPSA) is 234 Å². The normalized spacial score (nSPS) is 11.2. The molecule has 0 spiro atoms. The van der Waals surface area contributed by atoms with Crippen LogP contribution in [0.4, 0.5) is 22.7 Å². The Bertz CT molecular complexity index is 2100. The van der Waals surface area contributed by atoms with Crippen LogP contribution in [0.15, 0.2) is 84.9 Å². The fraction of sp³-hybridized carbons (Fsp3) is 0.205. The molecule has 4 aromatic rings. The number of ether oxygens (including phenoxy) is 1. The van der Waals surface area contributed by atoms with Crippen LogP contribution in [-0.2, 0) is 19.3 Å². The number of aliphatic hydroxyl groups is 2. The van der Waals surface area contributed by atoms with Crippen LogP contribution >= 0.6 is 15.9 Å². The molecule has 0 saturated carbocycles. The fourth-order valence-corrected chi connectivity index (χ4v) is 4.02.